The van der Waals surface area contributed by atoms with Crippen molar-refractivity contribution in [2.75, 3.05) is 32.9 Å². The van der Waals surface area contributed by atoms with E-state index in [-0.39, 0.29) is 0 Å². The van der Waals surface area contributed by atoms with Gasteiger partial charge in [0.1, 0.15) is 0 Å². The third kappa shape index (κ3) is 5.77. The van der Waals surface area contributed by atoms with Crippen LogP contribution in [0.15, 0.2) is 54.6 Å². The molecular weight excluding hydrogens is 422 g/mol. The van der Waals surface area contributed by atoms with E-state index in [1.165, 1.54) is 31.9 Å². The highest BCUT2D eigenvalue weighted by molar-refractivity contribution is 7.88. The molecule has 2 aliphatic rings. The minimum atomic E-state index is -3.54. The number of carbonyl (C=O) groups is 1. The van der Waals surface area contributed by atoms with Crippen LogP contribution < -0.4 is 5.32 Å². The van der Waals surface area contributed by atoms with Gasteiger partial charge in [0.15, 0.2) is 0 Å². The molecule has 2 aromatic carbocycles. The quantitative estimate of drug-likeness (QED) is 0.663. The van der Waals surface area contributed by atoms with Gasteiger partial charge in [0, 0.05) is 31.1 Å². The number of nitrogens with one attached hydrogen (secondary N) is 1. The maximum absolute atomic E-state index is 12.3. The topological polar surface area (TPSA) is 69.7 Å². The van der Waals surface area contributed by atoms with E-state index in [4.69, 9.17) is 0 Å². The molecule has 2 aromatic rings. The Labute approximate surface area is 191 Å². The van der Waals surface area contributed by atoms with Gasteiger partial charge in [-0.2, -0.15) is 0 Å². The molecule has 1 aliphatic heterocycles. The van der Waals surface area contributed by atoms with Crippen LogP contribution in [0.1, 0.15) is 46.7 Å². The van der Waals surface area contributed by atoms with Gasteiger partial charge in [-0.1, -0.05) is 42.5 Å². The zero-order chi connectivity index (χ0) is 22.7. The zero-order valence-corrected chi connectivity index (χ0v) is 19.7. The first-order valence-corrected chi connectivity index (χ1v) is 13.2. The van der Waals surface area contributed by atoms with E-state index in [0.29, 0.717) is 17.5 Å². The highest BCUT2D eigenvalue weighted by Crippen LogP contribution is 2.40. The molecule has 2 atom stereocenters. The number of nitrogens with zero attached hydrogens (tertiary/aromatic N) is 2. The highest BCUT2D eigenvalue weighted by Gasteiger charge is 2.38. The summed E-state index contributed by atoms with van der Waals surface area (Å²) in [5, 5.41) is 3.78. The van der Waals surface area contributed by atoms with Crippen LogP contribution >= 0.6 is 0 Å². The molecule has 0 bridgehead atoms. The SMILES string of the molecule is CN(C(=O)c1ccc(CN2CCC(CN[C@@H]3C[C@H]3c3ccccc3)CC2)cc1)S(C)(=O)=O. The van der Waals surface area contributed by atoms with E-state index < -0.39 is 15.9 Å². The maximum atomic E-state index is 12.3. The Kier molecular flexibility index (Phi) is 6.98. The average Bonchev–Trinajstić information content (AvgIpc) is 3.58. The van der Waals surface area contributed by atoms with Crippen molar-refractivity contribution in [3.8, 4) is 0 Å². The van der Waals surface area contributed by atoms with Crippen LogP contribution in [0.25, 0.3) is 0 Å². The normalized spacial score (nSPS) is 21.9. The number of piperidine rings is 1. The zero-order valence-electron chi connectivity index (χ0n) is 18.9. The van der Waals surface area contributed by atoms with Crippen LogP contribution in [0.4, 0.5) is 0 Å². The molecule has 6 nitrogen and oxygen atoms in total. The van der Waals surface area contributed by atoms with Crippen molar-refractivity contribution in [3.05, 3.63) is 71.3 Å². The summed E-state index contributed by atoms with van der Waals surface area (Å²) in [5.41, 5.74) is 2.99. The summed E-state index contributed by atoms with van der Waals surface area (Å²) < 4.78 is 23.9. The summed E-state index contributed by atoms with van der Waals surface area (Å²) in [6, 6.07) is 18.7. The van der Waals surface area contributed by atoms with Gasteiger partial charge in [0.25, 0.3) is 5.91 Å². The van der Waals surface area contributed by atoms with E-state index >= 15 is 0 Å². The lowest BCUT2D eigenvalue weighted by Crippen LogP contribution is -2.37. The fraction of sp³-hybridized carbons (Fsp3) is 0.480. The van der Waals surface area contributed by atoms with Crippen molar-refractivity contribution >= 4 is 15.9 Å². The minimum Gasteiger partial charge on any atom is -0.313 e. The number of hydrogen-bond donors (Lipinski definition) is 1. The third-order valence-electron chi connectivity index (χ3n) is 6.78. The lowest BCUT2D eigenvalue weighted by Gasteiger charge is -2.32. The lowest BCUT2D eigenvalue weighted by molar-refractivity contribution is 0.0883. The van der Waals surface area contributed by atoms with Crippen LogP contribution in [-0.2, 0) is 16.6 Å². The van der Waals surface area contributed by atoms with Gasteiger partial charge >= 0.3 is 0 Å². The first kappa shape index (κ1) is 23.0. The molecule has 1 saturated heterocycles. The van der Waals surface area contributed by atoms with E-state index in [1.54, 1.807) is 12.1 Å². The molecule has 1 N–H and O–H groups in total. The van der Waals surface area contributed by atoms with E-state index in [1.807, 2.05) is 12.1 Å². The first-order chi connectivity index (χ1) is 15.3. The van der Waals surface area contributed by atoms with E-state index in [2.05, 4.69) is 40.5 Å². The summed E-state index contributed by atoms with van der Waals surface area (Å²) in [5.74, 6) is 0.913. The molecule has 2 fully saturated rings. The summed E-state index contributed by atoms with van der Waals surface area (Å²) in [6.07, 6.45) is 4.68. The monoisotopic (exact) mass is 455 g/mol. The van der Waals surface area contributed by atoms with Crippen molar-refractivity contribution < 1.29 is 13.2 Å². The third-order valence-corrected chi connectivity index (χ3v) is 7.95. The second-order valence-corrected chi connectivity index (χ2v) is 11.2. The van der Waals surface area contributed by atoms with E-state index in [0.717, 1.165) is 48.2 Å². The number of carbonyl (C=O) groups excluding carboxylic acids is 1. The van der Waals surface area contributed by atoms with Crippen molar-refractivity contribution in [1.82, 2.24) is 14.5 Å². The Morgan fingerprint density at radius 2 is 1.72 bits per heavy atom. The molecule has 0 unspecified atom stereocenters. The second kappa shape index (κ2) is 9.73. The maximum Gasteiger partial charge on any atom is 0.267 e. The predicted molar refractivity (Wildman–Crippen MR) is 127 cm³/mol. The van der Waals surface area contributed by atoms with Gasteiger partial charge in [-0.15, -0.1) is 0 Å². The number of benzene rings is 2. The number of rotatable bonds is 8. The highest BCUT2D eigenvalue weighted by atomic mass is 32.2. The van der Waals surface area contributed by atoms with Gasteiger partial charge < -0.3 is 5.32 Å². The van der Waals surface area contributed by atoms with Crippen LogP contribution in [0, 0.1) is 5.92 Å². The van der Waals surface area contributed by atoms with Crippen molar-refractivity contribution in [2.45, 2.75) is 37.8 Å². The Hall–Kier alpha value is -2.22. The summed E-state index contributed by atoms with van der Waals surface area (Å²) in [7, 11) is -2.25. The molecule has 1 heterocycles. The van der Waals surface area contributed by atoms with Crippen LogP contribution in [0.3, 0.4) is 0 Å². The molecule has 172 valence electrons. The molecule has 0 radical (unpaired) electrons. The van der Waals surface area contributed by atoms with Gasteiger partial charge in [0.2, 0.25) is 10.0 Å². The van der Waals surface area contributed by atoms with Crippen molar-refractivity contribution in [3.63, 3.8) is 0 Å². The average molecular weight is 456 g/mol. The number of sulfonamides is 1. The fourth-order valence-corrected chi connectivity index (χ4v) is 4.91. The lowest BCUT2D eigenvalue weighted by atomic mass is 9.96. The molecule has 0 aromatic heterocycles. The number of likely N-dealkylation sites (tertiary alicyclic amines) is 1. The molecule has 1 aliphatic carbocycles. The first-order valence-electron chi connectivity index (χ1n) is 11.4. The second-order valence-electron chi connectivity index (χ2n) is 9.22. The fourth-order valence-electron chi connectivity index (χ4n) is 4.50. The molecule has 7 heteroatoms. The number of hydrogen-bond acceptors (Lipinski definition) is 5. The smallest absolute Gasteiger partial charge is 0.267 e. The van der Waals surface area contributed by atoms with Crippen LogP contribution in [0.2, 0.25) is 0 Å². The largest absolute Gasteiger partial charge is 0.313 e. The molecule has 32 heavy (non-hydrogen) atoms. The Morgan fingerprint density at radius 1 is 1.06 bits per heavy atom. The van der Waals surface area contributed by atoms with Gasteiger partial charge in [-0.05, 0) is 68.1 Å². The standard InChI is InChI=1S/C25H33N3O3S/c1-27(32(2,30)31)25(29)22-10-8-20(9-11-22)18-28-14-12-19(13-15-28)17-26-24-16-23(24)21-6-4-3-5-7-21/h3-11,19,23-24,26H,12-18H2,1-2H3/t23-,24+/m0/s1. The summed E-state index contributed by atoms with van der Waals surface area (Å²) in [4.78, 5) is 14.7. The molecule has 1 saturated carbocycles. The molecular formula is C25H33N3O3S. The minimum absolute atomic E-state index is 0.389. The predicted octanol–water partition coefficient (Wildman–Crippen LogP) is 3.08. The van der Waals surface area contributed by atoms with E-state index in [9.17, 15) is 13.2 Å². The van der Waals surface area contributed by atoms with Crippen LogP contribution in [0.5, 0.6) is 0 Å². The Bertz CT molecular complexity index is 1020. The summed E-state index contributed by atoms with van der Waals surface area (Å²) >= 11 is 0. The molecule has 4 rings (SSSR count). The molecule has 0 spiro atoms. The van der Waals surface area contributed by atoms with Crippen molar-refractivity contribution in [2.24, 2.45) is 5.92 Å². The Balaban J connectivity index is 1.19. The Morgan fingerprint density at radius 3 is 2.34 bits per heavy atom. The molecule has 1 amide bonds. The number of amides is 1. The summed E-state index contributed by atoms with van der Waals surface area (Å²) in [6.45, 7) is 4.12. The van der Waals surface area contributed by atoms with Crippen molar-refractivity contribution in [1.29, 1.82) is 0 Å². The van der Waals surface area contributed by atoms with Gasteiger partial charge in [0.05, 0.1) is 6.26 Å². The van der Waals surface area contributed by atoms with Gasteiger partial charge in [-0.3, -0.25) is 9.69 Å². The van der Waals surface area contributed by atoms with Gasteiger partial charge in [-0.25, -0.2) is 12.7 Å². The van der Waals surface area contributed by atoms with Crippen LogP contribution in [-0.4, -0.2) is 62.5 Å².